The van der Waals surface area contributed by atoms with E-state index in [0.29, 0.717) is 14.7 Å². The molecule has 62 valence electrons. The van der Waals surface area contributed by atoms with Gasteiger partial charge in [-0.05, 0) is 44.0 Å². The number of nitrogens with one attached hydrogen (secondary N) is 1. The first kappa shape index (κ1) is 8.19. The number of imidazole rings is 1. The van der Waals surface area contributed by atoms with Gasteiger partial charge in [0.05, 0.1) is 5.52 Å². The fourth-order valence-electron chi connectivity index (χ4n) is 1.01. The van der Waals surface area contributed by atoms with E-state index in [1.54, 1.807) is 0 Å². The first-order valence-electron chi connectivity index (χ1n) is 3.17. The highest BCUT2D eigenvalue weighted by molar-refractivity contribution is 9.11. The van der Waals surface area contributed by atoms with Crippen LogP contribution in [0.5, 0.6) is 0 Å². The van der Waals surface area contributed by atoms with Crippen LogP contribution in [0.25, 0.3) is 11.0 Å². The summed E-state index contributed by atoms with van der Waals surface area (Å²) in [5.74, 6) is -0.287. The van der Waals surface area contributed by atoms with Crippen molar-refractivity contribution in [3.63, 3.8) is 0 Å². The van der Waals surface area contributed by atoms with Gasteiger partial charge in [0.15, 0.2) is 4.73 Å². The van der Waals surface area contributed by atoms with E-state index in [9.17, 15) is 4.39 Å². The molecule has 2 rings (SSSR count). The second kappa shape index (κ2) is 2.81. The molecule has 5 heteroatoms. The van der Waals surface area contributed by atoms with Gasteiger partial charge in [-0.25, -0.2) is 9.37 Å². The first-order chi connectivity index (χ1) is 5.66. The monoisotopic (exact) mass is 292 g/mol. The molecule has 0 aliphatic rings. The second-order valence-corrected chi connectivity index (χ2v) is 3.92. The Morgan fingerprint density at radius 1 is 1.33 bits per heavy atom. The van der Waals surface area contributed by atoms with E-state index in [1.165, 1.54) is 12.1 Å². The van der Waals surface area contributed by atoms with Crippen molar-refractivity contribution in [2.45, 2.75) is 0 Å². The number of fused-ring (bicyclic) bond motifs is 1. The van der Waals surface area contributed by atoms with Gasteiger partial charge in [-0.15, -0.1) is 0 Å². The van der Waals surface area contributed by atoms with Crippen molar-refractivity contribution >= 4 is 42.9 Å². The van der Waals surface area contributed by atoms with Gasteiger partial charge in [-0.2, -0.15) is 0 Å². The van der Waals surface area contributed by atoms with Crippen LogP contribution in [-0.2, 0) is 0 Å². The summed E-state index contributed by atoms with van der Waals surface area (Å²) in [6.45, 7) is 0. The molecule has 0 aliphatic carbocycles. The zero-order valence-electron chi connectivity index (χ0n) is 5.74. The van der Waals surface area contributed by atoms with E-state index in [4.69, 9.17) is 0 Å². The van der Waals surface area contributed by atoms with Crippen LogP contribution in [0.2, 0.25) is 0 Å². The number of H-pyrrole nitrogens is 1. The number of hydrogen-bond acceptors (Lipinski definition) is 1. The number of hydrogen-bond donors (Lipinski definition) is 1. The zero-order valence-corrected chi connectivity index (χ0v) is 8.91. The van der Waals surface area contributed by atoms with Crippen LogP contribution in [0.3, 0.4) is 0 Å². The fraction of sp³-hybridized carbons (Fsp3) is 0. The summed E-state index contributed by atoms with van der Waals surface area (Å²) in [6, 6.07) is 2.79. The van der Waals surface area contributed by atoms with Gasteiger partial charge < -0.3 is 4.98 Å². The molecule has 2 nitrogen and oxygen atoms in total. The molecule has 0 saturated heterocycles. The van der Waals surface area contributed by atoms with Gasteiger partial charge in [0.2, 0.25) is 0 Å². The summed E-state index contributed by atoms with van der Waals surface area (Å²) in [5, 5.41) is 0. The number of halogens is 3. The van der Waals surface area contributed by atoms with Crippen LogP contribution >= 0.6 is 31.9 Å². The van der Waals surface area contributed by atoms with Crippen LogP contribution in [-0.4, -0.2) is 9.97 Å². The lowest BCUT2D eigenvalue weighted by molar-refractivity contribution is 0.628. The highest BCUT2D eigenvalue weighted by Gasteiger charge is 2.05. The Morgan fingerprint density at radius 3 is 2.83 bits per heavy atom. The van der Waals surface area contributed by atoms with Crippen molar-refractivity contribution in [2.75, 3.05) is 0 Å². The molecule has 0 fully saturated rings. The molecule has 0 aliphatic heterocycles. The van der Waals surface area contributed by atoms with Gasteiger partial charge in [-0.3, -0.25) is 0 Å². The molecule has 0 bridgehead atoms. The zero-order chi connectivity index (χ0) is 8.72. The number of aromatic nitrogens is 2. The molecule has 0 spiro atoms. The summed E-state index contributed by atoms with van der Waals surface area (Å²) in [6.07, 6.45) is 0. The Morgan fingerprint density at radius 2 is 2.08 bits per heavy atom. The second-order valence-electron chi connectivity index (χ2n) is 2.31. The van der Waals surface area contributed by atoms with Crippen LogP contribution < -0.4 is 0 Å². The Kier molecular flexibility index (Phi) is 1.92. The third-order valence-corrected chi connectivity index (χ3v) is 2.46. The highest BCUT2D eigenvalue weighted by Crippen LogP contribution is 2.24. The van der Waals surface area contributed by atoms with Gasteiger partial charge in [-0.1, -0.05) is 0 Å². The molecule has 1 N–H and O–H groups in total. The quantitative estimate of drug-likeness (QED) is 0.794. The minimum absolute atomic E-state index is 0.287. The van der Waals surface area contributed by atoms with E-state index in [0.717, 1.165) is 5.52 Å². The van der Waals surface area contributed by atoms with Crippen LogP contribution in [0.1, 0.15) is 0 Å². The Labute approximate surface area is 84.4 Å². The van der Waals surface area contributed by atoms with Crippen molar-refractivity contribution < 1.29 is 4.39 Å². The van der Waals surface area contributed by atoms with Crippen molar-refractivity contribution in [1.29, 1.82) is 0 Å². The van der Waals surface area contributed by atoms with Crippen LogP contribution in [0, 0.1) is 5.82 Å². The summed E-state index contributed by atoms with van der Waals surface area (Å²) in [4.78, 5) is 6.98. The average Bonchev–Trinajstić information content (AvgIpc) is 2.29. The van der Waals surface area contributed by atoms with Crippen molar-refractivity contribution in [1.82, 2.24) is 9.97 Å². The Bertz CT molecular complexity index is 438. The fourth-order valence-corrected chi connectivity index (χ4v) is 1.92. The van der Waals surface area contributed by atoms with Crippen LogP contribution in [0.4, 0.5) is 4.39 Å². The smallest absolute Gasteiger partial charge is 0.175 e. The lowest BCUT2D eigenvalue weighted by Crippen LogP contribution is -1.76. The Hall–Kier alpha value is -0.420. The molecule has 0 atom stereocenters. The molecule has 12 heavy (non-hydrogen) atoms. The lowest BCUT2D eigenvalue weighted by atomic mass is 10.3. The summed E-state index contributed by atoms with van der Waals surface area (Å²) < 4.78 is 14.1. The van der Waals surface area contributed by atoms with E-state index in [2.05, 4.69) is 41.8 Å². The average molecular weight is 294 g/mol. The van der Waals surface area contributed by atoms with Crippen molar-refractivity contribution in [3.8, 4) is 0 Å². The van der Waals surface area contributed by atoms with Gasteiger partial charge in [0.1, 0.15) is 11.3 Å². The molecule has 1 aromatic heterocycles. The maximum absolute atomic E-state index is 12.8. The van der Waals surface area contributed by atoms with Gasteiger partial charge >= 0.3 is 0 Å². The number of aromatic amines is 1. The molecular weight excluding hydrogens is 291 g/mol. The van der Waals surface area contributed by atoms with Crippen LogP contribution in [0.15, 0.2) is 21.3 Å². The largest absolute Gasteiger partial charge is 0.332 e. The predicted octanol–water partition coefficient (Wildman–Crippen LogP) is 3.23. The van der Waals surface area contributed by atoms with Gasteiger partial charge in [0.25, 0.3) is 0 Å². The van der Waals surface area contributed by atoms with Crippen molar-refractivity contribution in [3.05, 3.63) is 27.2 Å². The maximum Gasteiger partial charge on any atom is 0.175 e. The highest BCUT2D eigenvalue weighted by atomic mass is 79.9. The summed E-state index contributed by atoms with van der Waals surface area (Å²) in [7, 11) is 0. The third-order valence-electron chi connectivity index (χ3n) is 1.48. The lowest BCUT2D eigenvalue weighted by Gasteiger charge is -1.91. The molecule has 1 aromatic carbocycles. The van der Waals surface area contributed by atoms with E-state index >= 15 is 0 Å². The van der Waals surface area contributed by atoms with E-state index in [1.807, 2.05) is 0 Å². The SMILES string of the molecule is Fc1cc(Br)c2nc(Br)[nH]c2c1. The third kappa shape index (κ3) is 1.27. The van der Waals surface area contributed by atoms with E-state index in [-0.39, 0.29) is 5.82 Å². The molecule has 0 unspecified atom stereocenters. The maximum atomic E-state index is 12.8. The minimum atomic E-state index is -0.287. The number of rotatable bonds is 0. The van der Waals surface area contributed by atoms with E-state index < -0.39 is 0 Å². The molecule has 1 heterocycles. The molecule has 0 amide bonds. The first-order valence-corrected chi connectivity index (χ1v) is 4.75. The molecular formula is C7H3Br2FN2. The topological polar surface area (TPSA) is 28.7 Å². The van der Waals surface area contributed by atoms with Gasteiger partial charge in [0, 0.05) is 4.47 Å². The predicted molar refractivity (Wildman–Crippen MR) is 51.5 cm³/mol. The molecule has 0 radical (unpaired) electrons. The molecule has 2 aromatic rings. The summed E-state index contributed by atoms with van der Waals surface area (Å²) >= 11 is 6.39. The minimum Gasteiger partial charge on any atom is -0.332 e. The van der Waals surface area contributed by atoms with Crippen molar-refractivity contribution in [2.24, 2.45) is 0 Å². The Balaban J connectivity index is 2.88. The standard InChI is InChI=1S/C7H3Br2FN2/c8-4-1-3(10)2-5-6(4)12-7(9)11-5/h1-2H,(H,11,12). The number of nitrogens with zero attached hydrogens (tertiary/aromatic N) is 1. The summed E-state index contributed by atoms with van der Waals surface area (Å²) in [5.41, 5.74) is 1.40. The number of benzene rings is 1. The normalized spacial score (nSPS) is 10.9. The molecule has 0 saturated carbocycles.